The van der Waals surface area contributed by atoms with Gasteiger partial charge >= 0.3 is 5.97 Å². The van der Waals surface area contributed by atoms with Crippen molar-refractivity contribution in [3.05, 3.63) is 59.4 Å². The Bertz CT molecular complexity index is 628. The maximum atomic E-state index is 13.3. The van der Waals surface area contributed by atoms with Gasteiger partial charge in [-0.25, -0.2) is 9.18 Å². The second-order valence-corrected chi connectivity index (χ2v) is 4.20. The Labute approximate surface area is 115 Å². The van der Waals surface area contributed by atoms with Crippen molar-refractivity contribution < 1.29 is 19.0 Å². The molecule has 4 nitrogen and oxygen atoms in total. The molecule has 20 heavy (non-hydrogen) atoms. The number of benzene rings is 2. The second-order valence-electron chi connectivity index (χ2n) is 4.20. The first-order valence-electron chi connectivity index (χ1n) is 6.00. The number of hydrogen-bond acceptors (Lipinski definition) is 3. The molecule has 0 fully saturated rings. The molecule has 104 valence electrons. The highest BCUT2D eigenvalue weighted by Gasteiger charge is 2.10. The third-order valence-corrected chi connectivity index (χ3v) is 2.83. The summed E-state index contributed by atoms with van der Waals surface area (Å²) in [6.07, 6.45) is 0. The molecular formula is C15H14FNO3. The van der Waals surface area contributed by atoms with Crippen LogP contribution >= 0.6 is 0 Å². The highest BCUT2D eigenvalue weighted by atomic mass is 19.1. The van der Waals surface area contributed by atoms with E-state index in [-0.39, 0.29) is 5.56 Å². The molecule has 0 unspecified atom stereocenters. The van der Waals surface area contributed by atoms with Gasteiger partial charge in [0.2, 0.25) is 0 Å². The molecule has 0 bridgehead atoms. The number of hydrogen-bond donors (Lipinski definition) is 2. The SMILES string of the molecule is COc1cccc(CNc2ccc(F)c(C(=O)O)c2)c1. The van der Waals surface area contributed by atoms with Crippen LogP contribution < -0.4 is 10.1 Å². The van der Waals surface area contributed by atoms with E-state index in [1.807, 2.05) is 24.3 Å². The molecule has 0 amide bonds. The predicted octanol–water partition coefficient (Wildman–Crippen LogP) is 3.14. The third kappa shape index (κ3) is 3.26. The Morgan fingerprint density at radius 3 is 2.80 bits per heavy atom. The van der Waals surface area contributed by atoms with Crippen LogP contribution in [-0.2, 0) is 6.54 Å². The number of anilines is 1. The van der Waals surface area contributed by atoms with E-state index >= 15 is 0 Å². The van der Waals surface area contributed by atoms with Crippen molar-refractivity contribution in [1.82, 2.24) is 0 Å². The van der Waals surface area contributed by atoms with E-state index in [9.17, 15) is 9.18 Å². The van der Waals surface area contributed by atoms with Crippen LogP contribution in [0, 0.1) is 5.82 Å². The number of carboxylic acids is 1. The van der Waals surface area contributed by atoms with Crippen molar-refractivity contribution >= 4 is 11.7 Å². The molecule has 2 aromatic carbocycles. The van der Waals surface area contributed by atoms with Crippen LogP contribution in [0.25, 0.3) is 0 Å². The number of aromatic carboxylic acids is 1. The van der Waals surface area contributed by atoms with Crippen LogP contribution in [0.2, 0.25) is 0 Å². The number of rotatable bonds is 5. The number of ether oxygens (including phenoxy) is 1. The van der Waals surface area contributed by atoms with Crippen LogP contribution in [0.3, 0.4) is 0 Å². The molecule has 0 aliphatic heterocycles. The lowest BCUT2D eigenvalue weighted by atomic mass is 10.1. The van der Waals surface area contributed by atoms with Crippen molar-refractivity contribution in [2.45, 2.75) is 6.54 Å². The summed E-state index contributed by atoms with van der Waals surface area (Å²) >= 11 is 0. The summed E-state index contributed by atoms with van der Waals surface area (Å²) in [7, 11) is 1.59. The number of carbonyl (C=O) groups is 1. The van der Waals surface area contributed by atoms with E-state index in [2.05, 4.69) is 5.32 Å². The fourth-order valence-electron chi connectivity index (χ4n) is 1.79. The molecule has 2 N–H and O–H groups in total. The zero-order chi connectivity index (χ0) is 14.5. The van der Waals surface area contributed by atoms with E-state index in [1.165, 1.54) is 12.1 Å². The maximum absolute atomic E-state index is 13.3. The number of halogens is 1. The summed E-state index contributed by atoms with van der Waals surface area (Å²) < 4.78 is 18.4. The number of carboxylic acid groups (broad SMARTS) is 1. The first-order chi connectivity index (χ1) is 9.60. The molecule has 0 heterocycles. The standard InChI is InChI=1S/C15H14FNO3/c1-20-12-4-2-3-10(7-12)9-17-11-5-6-14(16)13(8-11)15(18)19/h2-8,17H,9H2,1H3,(H,18,19). The van der Waals surface area contributed by atoms with Crippen molar-refractivity contribution in [1.29, 1.82) is 0 Å². The van der Waals surface area contributed by atoms with Gasteiger partial charge in [0.15, 0.2) is 0 Å². The monoisotopic (exact) mass is 275 g/mol. The first kappa shape index (κ1) is 13.9. The molecule has 2 aromatic rings. The van der Waals surface area contributed by atoms with Crippen LogP contribution in [0.15, 0.2) is 42.5 Å². The molecule has 2 rings (SSSR count). The van der Waals surface area contributed by atoms with Crippen molar-refractivity contribution in [2.75, 3.05) is 12.4 Å². The maximum Gasteiger partial charge on any atom is 0.338 e. The summed E-state index contributed by atoms with van der Waals surface area (Å²) in [5.74, 6) is -1.29. The molecular weight excluding hydrogens is 261 g/mol. The fourth-order valence-corrected chi connectivity index (χ4v) is 1.79. The zero-order valence-electron chi connectivity index (χ0n) is 10.9. The molecule has 0 radical (unpaired) electrons. The summed E-state index contributed by atoms with van der Waals surface area (Å²) in [6, 6.07) is 11.4. The van der Waals surface area contributed by atoms with Gasteiger partial charge in [-0.3, -0.25) is 0 Å². The van der Waals surface area contributed by atoms with Gasteiger partial charge in [0.25, 0.3) is 0 Å². The van der Waals surface area contributed by atoms with E-state index in [0.717, 1.165) is 17.4 Å². The second kappa shape index (κ2) is 6.06. The molecule has 0 aliphatic rings. The first-order valence-corrected chi connectivity index (χ1v) is 6.00. The van der Waals surface area contributed by atoms with Gasteiger partial charge in [-0.15, -0.1) is 0 Å². The lowest BCUT2D eigenvalue weighted by molar-refractivity contribution is 0.0692. The van der Waals surface area contributed by atoms with Crippen molar-refractivity contribution in [3.63, 3.8) is 0 Å². The molecule has 0 spiro atoms. The molecule has 0 aliphatic carbocycles. The Hall–Kier alpha value is -2.56. The number of nitrogens with one attached hydrogen (secondary N) is 1. The molecule has 0 atom stereocenters. The fraction of sp³-hybridized carbons (Fsp3) is 0.133. The minimum atomic E-state index is -1.28. The van der Waals surface area contributed by atoms with E-state index < -0.39 is 11.8 Å². The molecule has 0 saturated heterocycles. The lowest BCUT2D eigenvalue weighted by Crippen LogP contribution is -2.04. The third-order valence-electron chi connectivity index (χ3n) is 2.83. The summed E-state index contributed by atoms with van der Waals surface area (Å²) in [5.41, 5.74) is 1.18. The van der Waals surface area contributed by atoms with Gasteiger partial charge in [0, 0.05) is 12.2 Å². The van der Waals surface area contributed by atoms with Gasteiger partial charge in [-0.2, -0.15) is 0 Å². The van der Waals surface area contributed by atoms with Gasteiger partial charge in [0.05, 0.1) is 12.7 Å². The van der Waals surface area contributed by atoms with Gasteiger partial charge in [0.1, 0.15) is 11.6 Å². The van der Waals surface area contributed by atoms with Crippen LogP contribution in [0.4, 0.5) is 10.1 Å². The largest absolute Gasteiger partial charge is 0.497 e. The highest BCUT2D eigenvalue weighted by molar-refractivity contribution is 5.89. The molecule has 0 saturated carbocycles. The molecule has 0 aromatic heterocycles. The topological polar surface area (TPSA) is 58.6 Å². The minimum Gasteiger partial charge on any atom is -0.497 e. The predicted molar refractivity (Wildman–Crippen MR) is 73.7 cm³/mol. The summed E-state index contributed by atoms with van der Waals surface area (Å²) in [5, 5.41) is 11.9. The zero-order valence-corrected chi connectivity index (χ0v) is 10.9. The average molecular weight is 275 g/mol. The lowest BCUT2D eigenvalue weighted by Gasteiger charge is -2.09. The van der Waals surface area contributed by atoms with Crippen LogP contribution in [0.1, 0.15) is 15.9 Å². The smallest absolute Gasteiger partial charge is 0.338 e. The van der Waals surface area contributed by atoms with Crippen LogP contribution in [-0.4, -0.2) is 18.2 Å². The molecule has 5 heteroatoms. The Morgan fingerprint density at radius 2 is 2.10 bits per heavy atom. The van der Waals surface area contributed by atoms with Gasteiger partial charge < -0.3 is 15.2 Å². The minimum absolute atomic E-state index is 0.347. The Kier molecular flexibility index (Phi) is 4.20. The normalized spacial score (nSPS) is 10.1. The Morgan fingerprint density at radius 1 is 1.30 bits per heavy atom. The summed E-state index contributed by atoms with van der Waals surface area (Å²) in [6.45, 7) is 0.488. The average Bonchev–Trinajstić information content (AvgIpc) is 2.46. The summed E-state index contributed by atoms with van der Waals surface area (Å²) in [4.78, 5) is 10.8. The number of methoxy groups -OCH3 is 1. The van der Waals surface area contributed by atoms with Crippen molar-refractivity contribution in [3.8, 4) is 5.75 Å². The van der Waals surface area contributed by atoms with E-state index in [0.29, 0.717) is 12.2 Å². The van der Waals surface area contributed by atoms with Gasteiger partial charge in [-0.05, 0) is 35.9 Å². The van der Waals surface area contributed by atoms with Crippen LogP contribution in [0.5, 0.6) is 5.75 Å². The van der Waals surface area contributed by atoms with Gasteiger partial charge in [-0.1, -0.05) is 12.1 Å². The quantitative estimate of drug-likeness (QED) is 0.880. The van der Waals surface area contributed by atoms with E-state index in [4.69, 9.17) is 9.84 Å². The Balaban J connectivity index is 2.10. The van der Waals surface area contributed by atoms with E-state index in [1.54, 1.807) is 7.11 Å². The van der Waals surface area contributed by atoms with Crippen molar-refractivity contribution in [2.24, 2.45) is 0 Å². The highest BCUT2D eigenvalue weighted by Crippen LogP contribution is 2.17.